The maximum Gasteiger partial charge on any atom is 0.353 e. The lowest BCUT2D eigenvalue weighted by molar-refractivity contribution is -0.150. The van der Waals surface area contributed by atoms with Crippen molar-refractivity contribution in [2.45, 2.75) is 28.9 Å². The molecule has 0 aromatic heterocycles. The van der Waals surface area contributed by atoms with Gasteiger partial charge in [0.05, 0.1) is 15.9 Å². The van der Waals surface area contributed by atoms with Crippen LogP contribution in [0.5, 0.6) is 0 Å². The molecular weight excluding hydrogens is 627 g/mol. The van der Waals surface area contributed by atoms with Gasteiger partial charge in [0.2, 0.25) is 5.91 Å². The molecule has 7 N–H and O–H groups in total. The quantitative estimate of drug-likeness (QED) is 0.112. The molecule has 3 heterocycles. The Bertz CT molecular complexity index is 1220. The summed E-state index contributed by atoms with van der Waals surface area (Å²) in [7, 11) is 3.54. The van der Waals surface area contributed by atoms with E-state index in [0.717, 1.165) is 0 Å². The minimum absolute atomic E-state index is 0.0249. The third-order valence-electron chi connectivity index (χ3n) is 5.91. The van der Waals surface area contributed by atoms with Gasteiger partial charge in [0.1, 0.15) is 17.1 Å². The van der Waals surface area contributed by atoms with Crippen molar-refractivity contribution in [3.63, 3.8) is 0 Å². The fourth-order valence-corrected chi connectivity index (χ4v) is 8.99. The van der Waals surface area contributed by atoms with Crippen LogP contribution in [0.1, 0.15) is 0 Å². The van der Waals surface area contributed by atoms with Crippen LogP contribution in [0.15, 0.2) is 38.7 Å². The summed E-state index contributed by atoms with van der Waals surface area (Å²) in [5, 5.41) is 18.5. The van der Waals surface area contributed by atoms with Crippen LogP contribution < -0.4 is 22.2 Å². The lowest BCUT2D eigenvalue weighted by Gasteiger charge is -2.49. The number of hydrogen-bond acceptors (Lipinski definition) is 13. The fraction of sp³-hybridized carbons (Fsp3) is 0.429. The molecule has 0 saturated carbocycles. The first-order valence-corrected chi connectivity index (χ1v) is 16.1. The molecule has 1 saturated heterocycles. The number of nitrogens with two attached hydrogens (primary N) is 2. The number of amidine groups is 1. The van der Waals surface area contributed by atoms with E-state index in [1.54, 1.807) is 37.2 Å². The largest absolute Gasteiger partial charge is 0.477 e. The summed E-state index contributed by atoms with van der Waals surface area (Å²) in [6.07, 6.45) is -0.933. The van der Waals surface area contributed by atoms with Crippen molar-refractivity contribution in [1.82, 2.24) is 25.4 Å². The summed E-state index contributed by atoms with van der Waals surface area (Å²) in [6, 6.07) is 4.14. The van der Waals surface area contributed by atoms with Gasteiger partial charge in [0.25, 0.3) is 5.91 Å². The molecule has 0 radical (unpaired) electrons. The van der Waals surface area contributed by atoms with E-state index in [0.29, 0.717) is 35.9 Å². The Morgan fingerprint density at radius 1 is 1.28 bits per heavy atom. The SMILES string of the molecule is CNC1N(N)C(SCSC2=C(C(=O)O)N3C(=O)[C@@H](NC(=O)CSc4cc(Cl)ccc4Cl)[C@H]3SC2)=NC(N)N1C. The van der Waals surface area contributed by atoms with E-state index in [2.05, 4.69) is 15.6 Å². The van der Waals surface area contributed by atoms with E-state index >= 15 is 0 Å². The van der Waals surface area contributed by atoms with Gasteiger partial charge in [-0.3, -0.25) is 30.5 Å². The first-order valence-electron chi connectivity index (χ1n) is 11.3. The number of rotatable bonds is 9. The van der Waals surface area contributed by atoms with Gasteiger partial charge in [-0.15, -0.1) is 35.3 Å². The number of β-lactam (4-membered cyclic amide) rings is 1. The number of amides is 2. The smallest absolute Gasteiger partial charge is 0.353 e. The van der Waals surface area contributed by atoms with Crippen molar-refractivity contribution in [3.05, 3.63) is 38.8 Å². The molecule has 3 aliphatic heterocycles. The number of hydrogen-bond donors (Lipinski definition) is 5. The Morgan fingerprint density at radius 2 is 2.03 bits per heavy atom. The van der Waals surface area contributed by atoms with Crippen molar-refractivity contribution in [1.29, 1.82) is 0 Å². The van der Waals surface area contributed by atoms with E-state index in [1.165, 1.54) is 57.0 Å². The standard InChI is InChI=1S/C21H26Cl2N8O4S4/c1-26-20-29(2)19(24)28-21(31(20)25)39-8-38-12-6-37-17-14(16(33)30(17)15(12)18(34)35)27-13(32)7-36-11-5-9(22)3-4-10(11)23/h3-5,14,17,19-20,26H,6-8,24-25H2,1-2H3,(H,27,32)(H,34,35)/t14-,17-,19?,20?/m1/s1. The normalized spacial score (nSPS) is 25.3. The highest BCUT2D eigenvalue weighted by atomic mass is 35.5. The molecule has 212 valence electrons. The summed E-state index contributed by atoms with van der Waals surface area (Å²) >= 11 is 17.4. The summed E-state index contributed by atoms with van der Waals surface area (Å²) < 4.78 is 0. The predicted octanol–water partition coefficient (Wildman–Crippen LogP) is 1.43. The minimum Gasteiger partial charge on any atom is -0.477 e. The summed E-state index contributed by atoms with van der Waals surface area (Å²) in [6.45, 7) is 0. The van der Waals surface area contributed by atoms with Gasteiger partial charge in [-0.1, -0.05) is 35.0 Å². The number of halogens is 2. The molecule has 3 aliphatic rings. The van der Waals surface area contributed by atoms with Gasteiger partial charge < -0.3 is 10.4 Å². The van der Waals surface area contributed by atoms with Gasteiger partial charge in [0.15, 0.2) is 17.7 Å². The first kappa shape index (κ1) is 30.6. The molecule has 0 bridgehead atoms. The molecule has 2 unspecified atom stereocenters. The number of hydrazine groups is 1. The monoisotopic (exact) mass is 652 g/mol. The second kappa shape index (κ2) is 13.1. The number of carboxylic acid groups (broad SMARTS) is 1. The molecule has 2 amide bonds. The Balaban J connectivity index is 1.35. The molecule has 4 rings (SSSR count). The number of aliphatic imine (C=N–C) groups is 1. The molecule has 1 aromatic carbocycles. The third-order valence-corrected chi connectivity index (χ3v) is 11.3. The average Bonchev–Trinajstić information content (AvgIpc) is 2.90. The van der Waals surface area contributed by atoms with Gasteiger partial charge in [-0.25, -0.2) is 20.5 Å². The Morgan fingerprint density at radius 3 is 2.72 bits per heavy atom. The van der Waals surface area contributed by atoms with E-state index in [-0.39, 0.29) is 23.6 Å². The number of thioether (sulfide) groups is 4. The fourth-order valence-electron chi connectivity index (χ4n) is 3.97. The maximum atomic E-state index is 12.9. The lowest BCUT2D eigenvalue weighted by atomic mass is 10.1. The number of benzene rings is 1. The van der Waals surface area contributed by atoms with Crippen LogP contribution in [-0.4, -0.2) is 97.5 Å². The number of carbonyl (C=O) groups is 3. The van der Waals surface area contributed by atoms with Crippen LogP contribution in [0.3, 0.4) is 0 Å². The molecule has 39 heavy (non-hydrogen) atoms. The van der Waals surface area contributed by atoms with Crippen LogP contribution in [0, 0.1) is 0 Å². The zero-order chi connectivity index (χ0) is 28.4. The van der Waals surface area contributed by atoms with Crippen LogP contribution in [-0.2, 0) is 14.4 Å². The molecule has 12 nitrogen and oxygen atoms in total. The highest BCUT2D eigenvalue weighted by Crippen LogP contribution is 2.44. The zero-order valence-corrected chi connectivity index (χ0v) is 25.4. The summed E-state index contributed by atoms with van der Waals surface area (Å²) in [5.74, 6) is 4.54. The van der Waals surface area contributed by atoms with Gasteiger partial charge in [-0.2, -0.15) is 0 Å². The Kier molecular flexibility index (Phi) is 10.3. The number of carboxylic acids is 1. The van der Waals surface area contributed by atoms with Gasteiger partial charge in [-0.05, 0) is 32.3 Å². The lowest BCUT2D eigenvalue weighted by Crippen LogP contribution is -2.70. The second-order valence-electron chi connectivity index (χ2n) is 8.36. The van der Waals surface area contributed by atoms with Crippen LogP contribution in [0.2, 0.25) is 10.0 Å². The maximum absolute atomic E-state index is 12.9. The third kappa shape index (κ3) is 6.60. The number of nitrogens with one attached hydrogen (secondary N) is 2. The molecular formula is C21H26Cl2N8O4S4. The molecule has 0 aliphatic carbocycles. The minimum atomic E-state index is -1.20. The topological polar surface area (TPSA) is 170 Å². The Labute approximate surface area is 252 Å². The molecule has 1 fully saturated rings. The zero-order valence-electron chi connectivity index (χ0n) is 20.7. The average molecular weight is 654 g/mol. The van der Waals surface area contributed by atoms with Crippen LogP contribution >= 0.6 is 70.2 Å². The number of nitrogens with zero attached hydrogens (tertiary/aromatic N) is 4. The molecule has 4 atom stereocenters. The summed E-state index contributed by atoms with van der Waals surface area (Å²) in [4.78, 5) is 46.2. The highest BCUT2D eigenvalue weighted by Gasteiger charge is 2.54. The van der Waals surface area contributed by atoms with E-state index < -0.39 is 29.6 Å². The second-order valence-corrected chi connectivity index (χ2v) is 13.7. The van der Waals surface area contributed by atoms with E-state index in [4.69, 9.17) is 34.8 Å². The van der Waals surface area contributed by atoms with Crippen molar-refractivity contribution >= 4 is 93.2 Å². The number of aliphatic carboxylic acids is 1. The van der Waals surface area contributed by atoms with Crippen LogP contribution in [0.4, 0.5) is 0 Å². The van der Waals surface area contributed by atoms with E-state index in [9.17, 15) is 19.5 Å². The van der Waals surface area contributed by atoms with Gasteiger partial charge >= 0.3 is 5.97 Å². The highest BCUT2D eigenvalue weighted by molar-refractivity contribution is 8.25. The first-order chi connectivity index (χ1) is 18.5. The van der Waals surface area contributed by atoms with E-state index in [1.807, 2.05) is 0 Å². The van der Waals surface area contributed by atoms with Crippen molar-refractivity contribution in [2.24, 2.45) is 16.6 Å². The molecule has 0 spiro atoms. The van der Waals surface area contributed by atoms with Crippen molar-refractivity contribution in [3.8, 4) is 0 Å². The van der Waals surface area contributed by atoms with Crippen molar-refractivity contribution < 1.29 is 19.5 Å². The van der Waals surface area contributed by atoms with Crippen LogP contribution in [0.25, 0.3) is 0 Å². The molecule has 1 aromatic rings. The van der Waals surface area contributed by atoms with Crippen molar-refractivity contribution in [2.75, 3.05) is 30.7 Å². The number of carbonyl (C=O) groups excluding carboxylic acids is 2. The molecule has 18 heteroatoms. The Hall–Kier alpha value is -1.34. The number of fused-ring (bicyclic) bond motifs is 1. The summed E-state index contributed by atoms with van der Waals surface area (Å²) in [5.41, 5.74) is 5.99. The predicted molar refractivity (Wildman–Crippen MR) is 159 cm³/mol. The van der Waals surface area contributed by atoms with Gasteiger partial charge in [0, 0.05) is 20.6 Å².